The Hall–Kier alpha value is -2.50. The molecule has 0 fully saturated rings. The van der Waals surface area contributed by atoms with Gasteiger partial charge in [-0.25, -0.2) is 8.78 Å². The van der Waals surface area contributed by atoms with Crippen LogP contribution in [0.2, 0.25) is 0 Å². The van der Waals surface area contributed by atoms with Crippen LogP contribution in [-0.2, 0) is 6.54 Å². The van der Waals surface area contributed by atoms with Crippen molar-refractivity contribution in [2.75, 3.05) is 41.5 Å². The lowest BCUT2D eigenvalue weighted by Crippen LogP contribution is -2.38. The van der Waals surface area contributed by atoms with E-state index in [4.69, 9.17) is 18.9 Å². The van der Waals surface area contributed by atoms with E-state index in [0.717, 1.165) is 17.7 Å². The van der Waals surface area contributed by atoms with Gasteiger partial charge in [0.2, 0.25) is 5.75 Å². The largest absolute Gasteiger partial charge is 0.493 e. The lowest BCUT2D eigenvalue weighted by Gasteiger charge is -2.16. The van der Waals surface area contributed by atoms with Crippen LogP contribution >= 0.6 is 24.0 Å². The quantitative estimate of drug-likeness (QED) is 0.221. The summed E-state index contributed by atoms with van der Waals surface area (Å²) in [5.41, 5.74) is 0.895. The summed E-state index contributed by atoms with van der Waals surface area (Å²) >= 11 is 0. The van der Waals surface area contributed by atoms with Gasteiger partial charge < -0.3 is 29.6 Å². The summed E-state index contributed by atoms with van der Waals surface area (Å²) in [6, 6.07) is 6.84. The van der Waals surface area contributed by atoms with Crippen molar-refractivity contribution in [3.8, 4) is 23.0 Å². The molecule has 2 aromatic rings. The average molecular weight is 537 g/mol. The van der Waals surface area contributed by atoms with Crippen LogP contribution < -0.4 is 29.6 Å². The van der Waals surface area contributed by atoms with Crippen LogP contribution in [0.5, 0.6) is 23.0 Å². The molecule has 7 nitrogen and oxygen atoms in total. The minimum absolute atomic E-state index is 0. The van der Waals surface area contributed by atoms with Crippen molar-refractivity contribution in [1.82, 2.24) is 10.6 Å². The van der Waals surface area contributed by atoms with E-state index in [-0.39, 0.29) is 36.3 Å². The van der Waals surface area contributed by atoms with Gasteiger partial charge in [0.15, 0.2) is 29.0 Å². The Morgan fingerprint density at radius 1 is 0.933 bits per heavy atom. The van der Waals surface area contributed by atoms with Gasteiger partial charge in [0.25, 0.3) is 0 Å². The highest BCUT2D eigenvalue weighted by atomic mass is 127. The Balaban J connectivity index is 0.00000450. The third-order valence-electron chi connectivity index (χ3n) is 3.95. The number of rotatable bonds is 9. The van der Waals surface area contributed by atoms with Gasteiger partial charge in [0.1, 0.15) is 12.4 Å². The molecule has 2 N–H and O–H groups in total. The van der Waals surface area contributed by atoms with Crippen LogP contribution in [0, 0.1) is 11.6 Å². The molecule has 0 radical (unpaired) electrons. The van der Waals surface area contributed by atoms with Crippen LogP contribution in [0.15, 0.2) is 35.3 Å². The number of hydrogen-bond acceptors (Lipinski definition) is 5. The SMILES string of the molecule is CN=C(NCCOc1ccc(F)cc1F)NCc1cc(OC)c(OC)c(OC)c1.I. The fourth-order valence-electron chi connectivity index (χ4n) is 2.57. The first-order chi connectivity index (χ1) is 14.0. The van der Waals surface area contributed by atoms with Crippen molar-refractivity contribution in [3.63, 3.8) is 0 Å². The molecule has 0 atom stereocenters. The summed E-state index contributed by atoms with van der Waals surface area (Å²) in [6.45, 7) is 0.989. The molecule has 0 unspecified atom stereocenters. The zero-order chi connectivity index (χ0) is 21.2. The second kappa shape index (κ2) is 12.9. The second-order valence-electron chi connectivity index (χ2n) is 5.81. The minimum atomic E-state index is -0.741. The number of benzene rings is 2. The summed E-state index contributed by atoms with van der Waals surface area (Å²) in [5, 5.41) is 6.20. The van der Waals surface area contributed by atoms with Gasteiger partial charge in [0, 0.05) is 19.7 Å². The van der Waals surface area contributed by atoms with Crippen molar-refractivity contribution < 1.29 is 27.7 Å². The topological polar surface area (TPSA) is 73.3 Å². The zero-order valence-corrected chi connectivity index (χ0v) is 19.6. The van der Waals surface area contributed by atoms with Crippen LogP contribution in [0.25, 0.3) is 0 Å². The molecule has 0 aliphatic heterocycles. The first-order valence-electron chi connectivity index (χ1n) is 8.83. The summed E-state index contributed by atoms with van der Waals surface area (Å²) < 4.78 is 47.7. The highest BCUT2D eigenvalue weighted by Crippen LogP contribution is 2.38. The normalized spacial score (nSPS) is 10.7. The van der Waals surface area contributed by atoms with Crippen LogP contribution in [0.3, 0.4) is 0 Å². The molecule has 0 saturated carbocycles. The summed E-state index contributed by atoms with van der Waals surface area (Å²) in [5.74, 6) is 0.767. The smallest absolute Gasteiger partial charge is 0.203 e. The summed E-state index contributed by atoms with van der Waals surface area (Å²) in [6.07, 6.45) is 0. The predicted octanol–water partition coefficient (Wildman–Crippen LogP) is 3.35. The zero-order valence-electron chi connectivity index (χ0n) is 17.3. The van der Waals surface area contributed by atoms with E-state index in [2.05, 4.69) is 15.6 Å². The number of nitrogens with one attached hydrogen (secondary N) is 2. The molecule has 0 aliphatic carbocycles. The molecule has 0 amide bonds. The van der Waals surface area contributed by atoms with Crippen molar-refractivity contribution >= 4 is 29.9 Å². The number of nitrogens with zero attached hydrogens (tertiary/aromatic N) is 1. The van der Waals surface area contributed by atoms with Gasteiger partial charge in [-0.15, -0.1) is 24.0 Å². The molecule has 166 valence electrons. The predicted molar refractivity (Wildman–Crippen MR) is 122 cm³/mol. The molecule has 30 heavy (non-hydrogen) atoms. The monoisotopic (exact) mass is 537 g/mol. The first-order valence-corrected chi connectivity index (χ1v) is 8.83. The van der Waals surface area contributed by atoms with Crippen LogP contribution in [-0.4, -0.2) is 47.5 Å². The molecular weight excluding hydrogens is 511 g/mol. The van der Waals surface area contributed by atoms with E-state index in [1.807, 2.05) is 12.1 Å². The van der Waals surface area contributed by atoms with Gasteiger partial charge in [-0.3, -0.25) is 4.99 Å². The van der Waals surface area contributed by atoms with E-state index in [9.17, 15) is 8.78 Å². The van der Waals surface area contributed by atoms with Crippen molar-refractivity contribution in [3.05, 3.63) is 47.5 Å². The summed E-state index contributed by atoms with van der Waals surface area (Å²) in [4.78, 5) is 4.12. The highest BCUT2D eigenvalue weighted by Gasteiger charge is 2.13. The lowest BCUT2D eigenvalue weighted by molar-refractivity contribution is 0.304. The van der Waals surface area contributed by atoms with E-state index in [1.165, 1.54) is 6.07 Å². The van der Waals surface area contributed by atoms with E-state index in [1.54, 1.807) is 28.4 Å². The molecule has 0 aromatic heterocycles. The third kappa shape index (κ3) is 7.08. The van der Waals surface area contributed by atoms with E-state index >= 15 is 0 Å². The Labute approximate surface area is 191 Å². The maximum Gasteiger partial charge on any atom is 0.203 e. The molecule has 0 bridgehead atoms. The fourth-order valence-corrected chi connectivity index (χ4v) is 2.57. The van der Waals surface area contributed by atoms with Gasteiger partial charge in [0.05, 0.1) is 27.9 Å². The molecular formula is C20H26F2IN3O4. The Bertz CT molecular complexity index is 828. The highest BCUT2D eigenvalue weighted by molar-refractivity contribution is 14.0. The molecule has 0 heterocycles. The number of ether oxygens (including phenoxy) is 4. The number of hydrogen-bond donors (Lipinski definition) is 2. The Morgan fingerprint density at radius 2 is 1.60 bits per heavy atom. The number of halogens is 3. The number of aliphatic imine (C=N–C) groups is 1. The van der Waals surface area contributed by atoms with E-state index in [0.29, 0.717) is 36.3 Å². The standard InChI is InChI=1S/C20H25F2N3O4.HI/c1-23-20(24-7-8-29-16-6-5-14(21)11-15(16)22)25-12-13-9-17(26-2)19(28-4)18(10-13)27-3;/h5-6,9-11H,7-8,12H2,1-4H3,(H2,23,24,25);1H. The van der Waals surface area contributed by atoms with Crippen molar-refractivity contribution in [1.29, 1.82) is 0 Å². The minimum Gasteiger partial charge on any atom is -0.493 e. The number of methoxy groups -OCH3 is 3. The maximum absolute atomic E-state index is 13.5. The summed E-state index contributed by atoms with van der Waals surface area (Å²) in [7, 11) is 6.28. The van der Waals surface area contributed by atoms with Gasteiger partial charge in [-0.1, -0.05) is 0 Å². The molecule has 0 saturated heterocycles. The average Bonchev–Trinajstić information content (AvgIpc) is 2.73. The maximum atomic E-state index is 13.5. The molecule has 2 rings (SSSR count). The molecule has 10 heteroatoms. The first kappa shape index (κ1) is 25.5. The van der Waals surface area contributed by atoms with E-state index < -0.39 is 11.6 Å². The van der Waals surface area contributed by atoms with Crippen molar-refractivity contribution in [2.24, 2.45) is 4.99 Å². The fraction of sp³-hybridized carbons (Fsp3) is 0.350. The molecule has 0 aliphatic rings. The van der Waals surface area contributed by atoms with Gasteiger partial charge in [-0.2, -0.15) is 0 Å². The molecule has 0 spiro atoms. The second-order valence-corrected chi connectivity index (χ2v) is 5.81. The number of guanidine groups is 1. The Morgan fingerprint density at radius 3 is 2.13 bits per heavy atom. The third-order valence-corrected chi connectivity index (χ3v) is 3.95. The lowest BCUT2D eigenvalue weighted by atomic mass is 10.2. The van der Waals surface area contributed by atoms with Gasteiger partial charge in [-0.05, 0) is 29.8 Å². The van der Waals surface area contributed by atoms with Crippen molar-refractivity contribution in [2.45, 2.75) is 6.54 Å². The van der Waals surface area contributed by atoms with Crippen LogP contribution in [0.1, 0.15) is 5.56 Å². The van der Waals surface area contributed by atoms with Gasteiger partial charge >= 0.3 is 0 Å². The molecule has 2 aromatic carbocycles. The van der Waals surface area contributed by atoms with Crippen LogP contribution in [0.4, 0.5) is 8.78 Å². The Kier molecular flexibility index (Phi) is 11.0.